The van der Waals surface area contributed by atoms with Crippen molar-refractivity contribution < 1.29 is 4.79 Å². The van der Waals surface area contributed by atoms with Crippen LogP contribution in [0.15, 0.2) is 24.3 Å². The van der Waals surface area contributed by atoms with Gasteiger partial charge in [-0.3, -0.25) is 4.79 Å². The van der Waals surface area contributed by atoms with E-state index in [0.717, 1.165) is 29.8 Å². The quantitative estimate of drug-likeness (QED) is 0.858. The fourth-order valence-corrected chi connectivity index (χ4v) is 3.81. The van der Waals surface area contributed by atoms with Crippen LogP contribution < -0.4 is 11.1 Å². The van der Waals surface area contributed by atoms with Crippen LogP contribution in [0.5, 0.6) is 0 Å². The second kappa shape index (κ2) is 8.06. The van der Waals surface area contributed by atoms with Gasteiger partial charge in [-0.25, -0.2) is 0 Å². The van der Waals surface area contributed by atoms with Crippen molar-refractivity contribution >= 4 is 46.4 Å². The molecule has 0 saturated heterocycles. The maximum Gasteiger partial charge on any atom is 0.229 e. The normalized spacial score (nSPS) is 20.1. The van der Waals surface area contributed by atoms with Gasteiger partial charge in [-0.2, -0.15) is 0 Å². The Hall–Kier alpha value is -1.21. The minimum atomic E-state index is -0.0106. The number of carbonyl (C=O) groups is 1. The molecule has 1 aromatic heterocycles. The minimum Gasteiger partial charge on any atom is -0.330 e. The topological polar surface area (TPSA) is 80.9 Å². The molecule has 5 nitrogen and oxygen atoms in total. The molecule has 1 saturated carbocycles. The Morgan fingerprint density at radius 2 is 2.22 bits per heavy atom. The first kappa shape index (κ1) is 18.1. The van der Waals surface area contributed by atoms with Gasteiger partial charge in [-0.15, -0.1) is 22.6 Å². The molecule has 0 bridgehead atoms. The molecule has 1 heterocycles. The fourth-order valence-electron chi connectivity index (χ4n) is 2.87. The number of amides is 1. The number of nitrogens with two attached hydrogens (primary N) is 1. The first-order chi connectivity index (χ1) is 10.7. The van der Waals surface area contributed by atoms with Crippen molar-refractivity contribution in [2.24, 2.45) is 17.6 Å². The number of aromatic nitrogens is 2. The maximum absolute atomic E-state index is 12.3. The summed E-state index contributed by atoms with van der Waals surface area (Å²) in [5.74, 6) is 0.269. The van der Waals surface area contributed by atoms with Gasteiger partial charge >= 0.3 is 0 Å². The van der Waals surface area contributed by atoms with E-state index in [1.54, 1.807) is 0 Å². The van der Waals surface area contributed by atoms with Gasteiger partial charge in [0.05, 0.1) is 0 Å². The lowest BCUT2D eigenvalue weighted by molar-refractivity contribution is -0.120. The zero-order chi connectivity index (χ0) is 15.5. The molecule has 0 aliphatic heterocycles. The number of benzene rings is 1. The molecule has 8 heteroatoms. The van der Waals surface area contributed by atoms with Crippen molar-refractivity contribution in [3.05, 3.63) is 29.3 Å². The van der Waals surface area contributed by atoms with E-state index in [1.807, 2.05) is 24.3 Å². The molecule has 1 fully saturated rings. The first-order valence-electron chi connectivity index (χ1n) is 7.27. The number of hydrogen-bond acceptors (Lipinski definition) is 5. The molecule has 3 rings (SSSR count). The van der Waals surface area contributed by atoms with E-state index in [2.05, 4.69) is 15.5 Å². The van der Waals surface area contributed by atoms with Gasteiger partial charge in [0.15, 0.2) is 0 Å². The highest BCUT2D eigenvalue weighted by atomic mass is 35.5. The second-order valence-electron chi connectivity index (χ2n) is 5.45. The van der Waals surface area contributed by atoms with Crippen LogP contribution in [-0.4, -0.2) is 22.6 Å². The molecule has 0 unspecified atom stereocenters. The molecule has 1 amide bonds. The van der Waals surface area contributed by atoms with E-state index in [-0.39, 0.29) is 30.2 Å². The van der Waals surface area contributed by atoms with Gasteiger partial charge in [-0.05, 0) is 37.4 Å². The van der Waals surface area contributed by atoms with Gasteiger partial charge in [-0.1, -0.05) is 41.5 Å². The van der Waals surface area contributed by atoms with Crippen LogP contribution in [0.2, 0.25) is 5.02 Å². The van der Waals surface area contributed by atoms with Crippen LogP contribution in [-0.2, 0) is 4.79 Å². The summed E-state index contributed by atoms with van der Waals surface area (Å²) in [6.07, 6.45) is 2.98. The second-order valence-corrected chi connectivity index (χ2v) is 6.86. The number of anilines is 1. The molecule has 3 N–H and O–H groups in total. The van der Waals surface area contributed by atoms with E-state index in [9.17, 15) is 4.79 Å². The summed E-state index contributed by atoms with van der Waals surface area (Å²) >= 11 is 7.33. The van der Waals surface area contributed by atoms with E-state index < -0.39 is 0 Å². The Morgan fingerprint density at radius 1 is 1.39 bits per heavy atom. The predicted octanol–water partition coefficient (Wildman–Crippen LogP) is 3.59. The fraction of sp³-hybridized carbons (Fsp3) is 0.400. The van der Waals surface area contributed by atoms with Crippen molar-refractivity contribution in [1.82, 2.24) is 10.2 Å². The van der Waals surface area contributed by atoms with E-state index in [4.69, 9.17) is 17.3 Å². The number of nitrogens with one attached hydrogen (secondary N) is 1. The summed E-state index contributed by atoms with van der Waals surface area (Å²) in [4.78, 5) is 12.3. The highest BCUT2D eigenvalue weighted by molar-refractivity contribution is 7.18. The maximum atomic E-state index is 12.3. The van der Waals surface area contributed by atoms with Crippen molar-refractivity contribution in [3.8, 4) is 10.6 Å². The van der Waals surface area contributed by atoms with Crippen LogP contribution >= 0.6 is 35.3 Å². The SMILES string of the molecule is Cl.NC[C@H]1CCC[C@H]1C(=O)Nc1nnc(-c2cccc(Cl)c2)s1. The highest BCUT2D eigenvalue weighted by Crippen LogP contribution is 2.33. The van der Waals surface area contributed by atoms with Gasteiger partial charge in [0.25, 0.3) is 0 Å². The molecule has 23 heavy (non-hydrogen) atoms. The molecular formula is C15H18Cl2N4OS. The molecule has 1 aliphatic rings. The number of rotatable bonds is 4. The lowest BCUT2D eigenvalue weighted by atomic mass is 9.95. The van der Waals surface area contributed by atoms with Crippen molar-refractivity contribution in [3.63, 3.8) is 0 Å². The third-order valence-corrected chi connectivity index (χ3v) is 5.15. The predicted molar refractivity (Wildman–Crippen MR) is 96.1 cm³/mol. The van der Waals surface area contributed by atoms with E-state index in [1.165, 1.54) is 11.3 Å². The molecule has 0 spiro atoms. The molecule has 124 valence electrons. The Kier molecular flexibility index (Phi) is 6.35. The van der Waals surface area contributed by atoms with Crippen LogP contribution in [0.25, 0.3) is 10.6 Å². The zero-order valence-electron chi connectivity index (χ0n) is 12.4. The summed E-state index contributed by atoms with van der Waals surface area (Å²) in [6, 6.07) is 7.41. The number of halogens is 2. The first-order valence-corrected chi connectivity index (χ1v) is 8.47. The third kappa shape index (κ3) is 4.20. The Bertz CT molecular complexity index is 679. The van der Waals surface area contributed by atoms with Gasteiger partial charge in [0.1, 0.15) is 5.01 Å². The Balaban J connectivity index is 0.00000192. The molecular weight excluding hydrogens is 355 g/mol. The van der Waals surface area contributed by atoms with Crippen molar-refractivity contribution in [2.45, 2.75) is 19.3 Å². The lowest BCUT2D eigenvalue weighted by Gasteiger charge is -2.15. The van der Waals surface area contributed by atoms with Crippen LogP contribution in [0.1, 0.15) is 19.3 Å². The van der Waals surface area contributed by atoms with Gasteiger partial charge in [0.2, 0.25) is 11.0 Å². The van der Waals surface area contributed by atoms with E-state index >= 15 is 0 Å². The summed E-state index contributed by atoms with van der Waals surface area (Å²) in [5, 5.41) is 12.9. The number of carbonyl (C=O) groups excluding carboxylic acids is 1. The summed E-state index contributed by atoms with van der Waals surface area (Å²) in [7, 11) is 0. The third-order valence-electron chi connectivity index (χ3n) is 4.03. The van der Waals surface area contributed by atoms with Crippen molar-refractivity contribution in [2.75, 3.05) is 11.9 Å². The molecule has 1 aromatic carbocycles. The average Bonchev–Trinajstić information content (AvgIpc) is 3.15. The Labute approximate surface area is 150 Å². The summed E-state index contributed by atoms with van der Waals surface area (Å²) in [6.45, 7) is 0.558. The van der Waals surface area contributed by atoms with Gasteiger partial charge in [0, 0.05) is 16.5 Å². The monoisotopic (exact) mass is 372 g/mol. The molecule has 2 aromatic rings. The highest BCUT2D eigenvalue weighted by Gasteiger charge is 2.32. The lowest BCUT2D eigenvalue weighted by Crippen LogP contribution is -2.29. The molecule has 1 aliphatic carbocycles. The van der Waals surface area contributed by atoms with Crippen LogP contribution in [0, 0.1) is 11.8 Å². The standard InChI is InChI=1S/C15H17ClN4OS.ClH/c16-11-5-1-3-9(7-11)14-19-20-15(22-14)18-13(21)12-6-2-4-10(12)8-17;/h1,3,5,7,10,12H,2,4,6,8,17H2,(H,18,20,21);1H/t10-,12-;/m1./s1. The zero-order valence-corrected chi connectivity index (χ0v) is 14.8. The molecule has 2 atom stereocenters. The number of hydrogen-bond donors (Lipinski definition) is 2. The summed E-state index contributed by atoms with van der Waals surface area (Å²) < 4.78 is 0. The van der Waals surface area contributed by atoms with Crippen molar-refractivity contribution in [1.29, 1.82) is 0 Å². The van der Waals surface area contributed by atoms with E-state index in [0.29, 0.717) is 16.7 Å². The van der Waals surface area contributed by atoms with Gasteiger partial charge < -0.3 is 11.1 Å². The van der Waals surface area contributed by atoms with Crippen LogP contribution in [0.4, 0.5) is 5.13 Å². The smallest absolute Gasteiger partial charge is 0.229 e. The summed E-state index contributed by atoms with van der Waals surface area (Å²) in [5.41, 5.74) is 6.63. The number of nitrogens with zero attached hydrogens (tertiary/aromatic N) is 2. The largest absolute Gasteiger partial charge is 0.330 e. The Morgan fingerprint density at radius 3 is 2.96 bits per heavy atom. The minimum absolute atomic E-state index is 0. The molecule has 0 radical (unpaired) electrons. The van der Waals surface area contributed by atoms with Crippen LogP contribution in [0.3, 0.4) is 0 Å². The average molecular weight is 373 g/mol.